The van der Waals surface area contributed by atoms with Crippen molar-refractivity contribution in [3.63, 3.8) is 0 Å². The summed E-state index contributed by atoms with van der Waals surface area (Å²) in [7, 11) is 0. The van der Waals surface area contributed by atoms with E-state index in [1.54, 1.807) is 12.3 Å². The number of allylic oxidation sites excluding steroid dienone is 1. The summed E-state index contributed by atoms with van der Waals surface area (Å²) in [5.74, 6) is -0.876. The van der Waals surface area contributed by atoms with Crippen LogP contribution in [0.15, 0.2) is 52.3 Å². The van der Waals surface area contributed by atoms with Crippen molar-refractivity contribution in [2.75, 3.05) is 0 Å². The molecule has 2 aromatic carbocycles. The van der Waals surface area contributed by atoms with Crippen LogP contribution in [0, 0.1) is 5.82 Å². The molecular weight excluding hydrogens is 345 g/mol. The van der Waals surface area contributed by atoms with Crippen LogP contribution in [0.1, 0.15) is 11.1 Å². The van der Waals surface area contributed by atoms with Gasteiger partial charge in [0.1, 0.15) is 11.4 Å². The molecule has 1 aromatic heterocycles. The van der Waals surface area contributed by atoms with E-state index < -0.39 is 11.4 Å². The van der Waals surface area contributed by atoms with Gasteiger partial charge in [0.25, 0.3) is 5.56 Å². The highest BCUT2D eigenvalue weighted by Crippen LogP contribution is 2.33. The van der Waals surface area contributed by atoms with Crippen LogP contribution in [0.2, 0.25) is 5.02 Å². The van der Waals surface area contributed by atoms with Crippen molar-refractivity contribution in [2.45, 2.75) is 0 Å². The molecule has 0 aliphatic carbocycles. The monoisotopic (exact) mass is 355 g/mol. The molecule has 2 heterocycles. The van der Waals surface area contributed by atoms with Gasteiger partial charge in [-0.15, -0.1) is 0 Å². The summed E-state index contributed by atoms with van der Waals surface area (Å²) in [6.45, 7) is 0. The Labute approximate surface area is 146 Å². The van der Waals surface area contributed by atoms with Crippen LogP contribution in [0.4, 0.5) is 10.1 Å². The van der Waals surface area contributed by atoms with Crippen LogP contribution in [0.25, 0.3) is 17.3 Å². The predicted molar refractivity (Wildman–Crippen MR) is 95.5 cm³/mol. The molecule has 5 nitrogen and oxygen atoms in total. The normalized spacial score (nSPS) is 14.2. The van der Waals surface area contributed by atoms with Gasteiger partial charge in [0.05, 0.1) is 16.4 Å². The van der Waals surface area contributed by atoms with Crippen molar-refractivity contribution in [1.29, 1.82) is 0 Å². The van der Waals surface area contributed by atoms with Crippen LogP contribution in [-0.2, 0) is 0 Å². The standard InChI is InChI=1S/C18H11ClFN3O2/c19-14-8-11(5-6-15(14)20)23-18(25)13(17(24)22-23)7-10-9-21-16-4-2-1-3-12(10)16/h1-9,25H,(H,22,24)/b10-7+. The largest absolute Gasteiger partial charge is 0.493 e. The van der Waals surface area contributed by atoms with Crippen molar-refractivity contribution in [3.8, 4) is 11.6 Å². The Balaban J connectivity index is 1.82. The third-order valence-corrected chi connectivity index (χ3v) is 4.22. The van der Waals surface area contributed by atoms with Crippen molar-refractivity contribution in [1.82, 2.24) is 9.78 Å². The Morgan fingerprint density at radius 3 is 2.84 bits per heavy atom. The van der Waals surface area contributed by atoms with E-state index >= 15 is 0 Å². The summed E-state index contributed by atoms with van der Waals surface area (Å²) >= 11 is 5.77. The van der Waals surface area contributed by atoms with Gasteiger partial charge in [0, 0.05) is 17.4 Å². The zero-order valence-corrected chi connectivity index (χ0v) is 13.5. The average Bonchev–Trinajstić information content (AvgIpc) is 3.14. The van der Waals surface area contributed by atoms with E-state index in [2.05, 4.69) is 10.1 Å². The Morgan fingerprint density at radius 2 is 2.04 bits per heavy atom. The van der Waals surface area contributed by atoms with E-state index in [4.69, 9.17) is 11.6 Å². The molecule has 0 amide bonds. The number of halogens is 2. The second-order valence-corrected chi connectivity index (χ2v) is 5.89. The maximum atomic E-state index is 13.3. The number of aliphatic imine (C=N–C) groups is 1. The minimum absolute atomic E-state index is 0.0820. The molecule has 1 aliphatic rings. The molecule has 0 saturated heterocycles. The van der Waals surface area contributed by atoms with Crippen molar-refractivity contribution in [3.05, 3.63) is 74.8 Å². The maximum Gasteiger partial charge on any atom is 0.275 e. The first-order valence-corrected chi connectivity index (χ1v) is 7.77. The molecule has 124 valence electrons. The minimum atomic E-state index is -0.583. The van der Waals surface area contributed by atoms with Crippen LogP contribution in [-0.4, -0.2) is 21.1 Å². The van der Waals surface area contributed by atoms with Gasteiger partial charge in [0.15, 0.2) is 0 Å². The Bertz CT molecular complexity index is 1110. The number of fused-ring (bicyclic) bond motifs is 1. The van der Waals surface area contributed by atoms with Gasteiger partial charge < -0.3 is 5.11 Å². The van der Waals surface area contributed by atoms with Gasteiger partial charge in [-0.2, -0.15) is 0 Å². The SMILES string of the molecule is O=c1[nH]n(-c2ccc(F)c(Cl)c2)c(O)c1/C=C1\C=Nc2ccccc21. The lowest BCUT2D eigenvalue weighted by Gasteiger charge is -2.05. The number of aromatic amines is 1. The van der Waals surface area contributed by atoms with Crippen LogP contribution < -0.4 is 5.56 Å². The Morgan fingerprint density at radius 1 is 1.24 bits per heavy atom. The van der Waals surface area contributed by atoms with Gasteiger partial charge in [-0.05, 0) is 30.3 Å². The number of benzene rings is 2. The average molecular weight is 356 g/mol. The number of nitrogens with zero attached hydrogens (tertiary/aromatic N) is 2. The molecular formula is C18H11ClFN3O2. The summed E-state index contributed by atoms with van der Waals surface area (Å²) < 4.78 is 14.5. The molecule has 0 unspecified atom stereocenters. The first-order valence-electron chi connectivity index (χ1n) is 7.39. The van der Waals surface area contributed by atoms with E-state index in [0.29, 0.717) is 11.3 Å². The molecule has 0 fully saturated rings. The quantitative estimate of drug-likeness (QED) is 0.731. The molecule has 0 bridgehead atoms. The number of hydrogen-bond acceptors (Lipinski definition) is 3. The lowest BCUT2D eigenvalue weighted by molar-refractivity contribution is 0.432. The second-order valence-electron chi connectivity index (χ2n) is 5.49. The molecule has 7 heteroatoms. The molecule has 4 rings (SSSR count). The fraction of sp³-hybridized carbons (Fsp3) is 0. The van der Waals surface area contributed by atoms with Crippen LogP contribution in [0.3, 0.4) is 0 Å². The lowest BCUT2D eigenvalue weighted by Crippen LogP contribution is -2.05. The third kappa shape index (κ3) is 2.56. The van der Waals surface area contributed by atoms with E-state index in [1.807, 2.05) is 24.3 Å². The fourth-order valence-corrected chi connectivity index (χ4v) is 2.86. The number of nitrogens with one attached hydrogen (secondary N) is 1. The molecule has 2 N–H and O–H groups in total. The molecule has 0 atom stereocenters. The number of aromatic hydroxyl groups is 1. The highest BCUT2D eigenvalue weighted by atomic mass is 35.5. The Kier molecular flexibility index (Phi) is 3.54. The number of H-pyrrole nitrogens is 1. The van der Waals surface area contributed by atoms with E-state index in [1.165, 1.54) is 12.1 Å². The zero-order valence-electron chi connectivity index (χ0n) is 12.7. The van der Waals surface area contributed by atoms with Crippen molar-refractivity contribution in [2.24, 2.45) is 4.99 Å². The molecule has 0 saturated carbocycles. The summed E-state index contributed by atoms with van der Waals surface area (Å²) in [5, 5.41) is 12.8. The minimum Gasteiger partial charge on any atom is -0.493 e. The topological polar surface area (TPSA) is 70.4 Å². The first kappa shape index (κ1) is 15.4. The van der Waals surface area contributed by atoms with Gasteiger partial charge in [-0.3, -0.25) is 14.9 Å². The number of para-hydroxylation sites is 1. The van der Waals surface area contributed by atoms with Gasteiger partial charge in [-0.1, -0.05) is 29.8 Å². The summed E-state index contributed by atoms with van der Waals surface area (Å²) in [4.78, 5) is 16.5. The highest BCUT2D eigenvalue weighted by Gasteiger charge is 2.17. The predicted octanol–water partition coefficient (Wildman–Crippen LogP) is 3.92. The van der Waals surface area contributed by atoms with Crippen LogP contribution >= 0.6 is 11.6 Å². The molecule has 0 spiro atoms. The lowest BCUT2D eigenvalue weighted by atomic mass is 10.1. The summed E-state index contributed by atoms with van der Waals surface area (Å²) in [6.07, 6.45) is 3.20. The van der Waals surface area contributed by atoms with Gasteiger partial charge >= 0.3 is 0 Å². The van der Waals surface area contributed by atoms with Crippen molar-refractivity contribution < 1.29 is 9.50 Å². The zero-order chi connectivity index (χ0) is 17.6. The molecule has 0 radical (unpaired) electrons. The second kappa shape index (κ2) is 5.75. The van der Waals surface area contributed by atoms with E-state index in [9.17, 15) is 14.3 Å². The number of aromatic nitrogens is 2. The number of rotatable bonds is 2. The fourth-order valence-electron chi connectivity index (χ4n) is 2.69. The van der Waals surface area contributed by atoms with Crippen LogP contribution in [0.5, 0.6) is 5.88 Å². The molecule has 25 heavy (non-hydrogen) atoms. The summed E-state index contributed by atoms with van der Waals surface area (Å²) in [5.41, 5.74) is 2.33. The maximum absolute atomic E-state index is 13.3. The van der Waals surface area contributed by atoms with Gasteiger partial charge in [0.2, 0.25) is 5.88 Å². The first-order chi connectivity index (χ1) is 12.0. The molecule has 1 aliphatic heterocycles. The number of hydrogen-bond donors (Lipinski definition) is 2. The van der Waals surface area contributed by atoms with E-state index in [0.717, 1.165) is 22.0 Å². The third-order valence-electron chi connectivity index (χ3n) is 3.93. The molecule has 3 aromatic rings. The Hall–Kier alpha value is -3.12. The summed E-state index contributed by atoms with van der Waals surface area (Å²) in [6, 6.07) is 11.4. The highest BCUT2D eigenvalue weighted by molar-refractivity contribution is 6.30. The van der Waals surface area contributed by atoms with Crippen molar-refractivity contribution >= 4 is 35.2 Å². The van der Waals surface area contributed by atoms with Gasteiger partial charge in [-0.25, -0.2) is 9.07 Å². The smallest absolute Gasteiger partial charge is 0.275 e. The van der Waals surface area contributed by atoms with E-state index in [-0.39, 0.29) is 16.5 Å².